The molecular formula is C23H26N2O4. The van der Waals surface area contributed by atoms with Crippen molar-refractivity contribution in [1.29, 1.82) is 0 Å². The van der Waals surface area contributed by atoms with Crippen LogP contribution in [-0.4, -0.2) is 37.2 Å². The second kappa shape index (κ2) is 8.82. The van der Waals surface area contributed by atoms with Crippen molar-refractivity contribution in [3.63, 3.8) is 0 Å². The molecule has 152 valence electrons. The Hall–Kier alpha value is -3.28. The Balaban J connectivity index is 1.56. The molecule has 2 aromatic rings. The van der Waals surface area contributed by atoms with Crippen LogP contribution in [-0.2, 0) is 14.3 Å². The first kappa shape index (κ1) is 20.5. The topological polar surface area (TPSA) is 67.9 Å². The molecule has 0 aliphatic carbocycles. The van der Waals surface area contributed by atoms with Gasteiger partial charge in [0.15, 0.2) is 0 Å². The number of para-hydroxylation sites is 2. The normalized spacial score (nSPS) is 15.0. The number of hydrogen-bond acceptors (Lipinski definition) is 5. The Labute approximate surface area is 171 Å². The zero-order valence-corrected chi connectivity index (χ0v) is 17.0. The van der Waals surface area contributed by atoms with Crippen LogP contribution in [0.25, 0.3) is 6.08 Å². The molecular weight excluding hydrogens is 368 g/mol. The molecule has 0 unspecified atom stereocenters. The molecule has 6 nitrogen and oxygen atoms in total. The van der Waals surface area contributed by atoms with Crippen LogP contribution in [0.4, 0.5) is 11.4 Å². The standard InChI is InChI=1S/C23H26N2O4/c1-4-28-18-12-9-17(10-13-18)11-14-21(26)29-16-15-25-20-8-6-5-7-19(20)24-23(2,3)22(25)27/h5-14,24H,4,15-16H2,1-3H3/b14-11+. The van der Waals surface area contributed by atoms with Crippen LogP contribution >= 0.6 is 0 Å². The monoisotopic (exact) mass is 394 g/mol. The van der Waals surface area contributed by atoms with Crippen LogP contribution in [0.1, 0.15) is 26.3 Å². The zero-order valence-electron chi connectivity index (χ0n) is 17.0. The Morgan fingerprint density at radius 2 is 1.86 bits per heavy atom. The third-order valence-corrected chi connectivity index (χ3v) is 4.58. The molecule has 0 atom stereocenters. The molecule has 29 heavy (non-hydrogen) atoms. The van der Waals surface area contributed by atoms with Gasteiger partial charge in [-0.05, 0) is 56.7 Å². The first-order valence-electron chi connectivity index (χ1n) is 9.67. The number of hydrogen-bond donors (Lipinski definition) is 1. The molecule has 0 fully saturated rings. The van der Waals surface area contributed by atoms with Crippen molar-refractivity contribution >= 4 is 29.3 Å². The van der Waals surface area contributed by atoms with Gasteiger partial charge < -0.3 is 19.7 Å². The highest BCUT2D eigenvalue weighted by Gasteiger charge is 2.38. The lowest BCUT2D eigenvalue weighted by molar-refractivity contribution is -0.137. The summed E-state index contributed by atoms with van der Waals surface area (Å²) in [4.78, 5) is 26.5. The van der Waals surface area contributed by atoms with Crippen LogP contribution in [0.5, 0.6) is 5.75 Å². The number of nitrogens with zero attached hydrogens (tertiary/aromatic N) is 1. The summed E-state index contributed by atoms with van der Waals surface area (Å²) in [7, 11) is 0. The maximum Gasteiger partial charge on any atom is 0.330 e. The number of rotatable bonds is 7. The number of ether oxygens (including phenoxy) is 2. The SMILES string of the molecule is CCOc1ccc(/C=C/C(=O)OCCN2C(=O)C(C)(C)Nc3ccccc32)cc1. The van der Waals surface area contributed by atoms with Crippen LogP contribution in [0.15, 0.2) is 54.6 Å². The summed E-state index contributed by atoms with van der Waals surface area (Å²) in [5, 5.41) is 3.25. The van der Waals surface area contributed by atoms with Crippen LogP contribution in [0.2, 0.25) is 0 Å². The number of nitrogens with one attached hydrogen (secondary N) is 1. The molecule has 1 N–H and O–H groups in total. The fraction of sp³-hybridized carbons (Fsp3) is 0.304. The fourth-order valence-electron chi connectivity index (χ4n) is 3.17. The molecule has 0 bridgehead atoms. The molecule has 2 aromatic carbocycles. The molecule has 1 heterocycles. The second-order valence-electron chi connectivity index (χ2n) is 7.23. The number of esters is 1. The van der Waals surface area contributed by atoms with Gasteiger partial charge in [-0.1, -0.05) is 24.3 Å². The van der Waals surface area contributed by atoms with Gasteiger partial charge >= 0.3 is 5.97 Å². The van der Waals surface area contributed by atoms with E-state index >= 15 is 0 Å². The smallest absolute Gasteiger partial charge is 0.330 e. The first-order chi connectivity index (χ1) is 13.9. The summed E-state index contributed by atoms with van der Waals surface area (Å²) < 4.78 is 10.7. The lowest BCUT2D eigenvalue weighted by Crippen LogP contribution is -2.54. The third kappa shape index (κ3) is 4.96. The van der Waals surface area contributed by atoms with Crippen molar-refractivity contribution in [1.82, 2.24) is 0 Å². The van der Waals surface area contributed by atoms with Crippen LogP contribution in [0.3, 0.4) is 0 Å². The van der Waals surface area contributed by atoms with Crippen molar-refractivity contribution in [3.8, 4) is 5.75 Å². The summed E-state index contributed by atoms with van der Waals surface area (Å²) >= 11 is 0. The third-order valence-electron chi connectivity index (χ3n) is 4.58. The van der Waals surface area contributed by atoms with E-state index in [4.69, 9.17) is 9.47 Å². The highest BCUT2D eigenvalue weighted by Crippen LogP contribution is 2.34. The number of fused-ring (bicyclic) bond motifs is 1. The average molecular weight is 394 g/mol. The summed E-state index contributed by atoms with van der Waals surface area (Å²) in [6.45, 7) is 6.62. The van der Waals surface area contributed by atoms with Gasteiger partial charge in [0.05, 0.1) is 24.5 Å². The number of carbonyl (C=O) groups excluding carboxylic acids is 2. The lowest BCUT2D eigenvalue weighted by atomic mass is 9.98. The van der Waals surface area contributed by atoms with Crippen molar-refractivity contribution in [3.05, 3.63) is 60.2 Å². The number of benzene rings is 2. The maximum atomic E-state index is 12.8. The summed E-state index contributed by atoms with van der Waals surface area (Å²) in [6.07, 6.45) is 3.07. The van der Waals surface area contributed by atoms with Gasteiger partial charge in [0.25, 0.3) is 5.91 Å². The predicted octanol–water partition coefficient (Wildman–Crippen LogP) is 3.88. The van der Waals surface area contributed by atoms with Gasteiger partial charge in [-0.15, -0.1) is 0 Å². The van der Waals surface area contributed by atoms with E-state index in [9.17, 15) is 9.59 Å². The van der Waals surface area contributed by atoms with E-state index in [0.29, 0.717) is 13.2 Å². The summed E-state index contributed by atoms with van der Waals surface area (Å²) in [6, 6.07) is 15.0. The highest BCUT2D eigenvalue weighted by molar-refractivity contribution is 6.07. The molecule has 0 radical (unpaired) electrons. The number of anilines is 2. The number of carbonyl (C=O) groups is 2. The molecule has 1 amide bonds. The molecule has 0 aromatic heterocycles. The summed E-state index contributed by atoms with van der Waals surface area (Å²) in [5.41, 5.74) is 1.83. The number of amides is 1. The predicted molar refractivity (Wildman–Crippen MR) is 114 cm³/mol. The minimum absolute atomic E-state index is 0.0582. The van der Waals surface area contributed by atoms with Gasteiger partial charge in [0.2, 0.25) is 0 Å². The van der Waals surface area contributed by atoms with Gasteiger partial charge in [0.1, 0.15) is 17.9 Å². The Kier molecular flexibility index (Phi) is 6.22. The van der Waals surface area contributed by atoms with Gasteiger partial charge in [0, 0.05) is 6.08 Å². The minimum atomic E-state index is -0.716. The van der Waals surface area contributed by atoms with Gasteiger partial charge in [-0.25, -0.2) is 4.79 Å². The second-order valence-corrected chi connectivity index (χ2v) is 7.23. The maximum absolute atomic E-state index is 12.8. The van der Waals surface area contributed by atoms with Crippen molar-refractivity contribution < 1.29 is 19.1 Å². The van der Waals surface area contributed by atoms with E-state index < -0.39 is 11.5 Å². The Bertz CT molecular complexity index is 903. The van der Waals surface area contributed by atoms with Crippen LogP contribution < -0.4 is 15.0 Å². The van der Waals surface area contributed by atoms with Crippen molar-refractivity contribution in [2.75, 3.05) is 30.0 Å². The summed E-state index contributed by atoms with van der Waals surface area (Å²) in [5.74, 6) is 0.280. The average Bonchev–Trinajstić information content (AvgIpc) is 2.70. The van der Waals surface area contributed by atoms with E-state index in [0.717, 1.165) is 22.7 Å². The zero-order chi connectivity index (χ0) is 20.9. The highest BCUT2D eigenvalue weighted by atomic mass is 16.5. The lowest BCUT2D eigenvalue weighted by Gasteiger charge is -2.39. The van der Waals surface area contributed by atoms with Gasteiger partial charge in [-0.3, -0.25) is 4.79 Å². The molecule has 1 aliphatic heterocycles. The molecule has 6 heteroatoms. The minimum Gasteiger partial charge on any atom is -0.494 e. The molecule has 3 rings (SSSR count). The van der Waals surface area contributed by atoms with E-state index in [1.807, 2.05) is 69.3 Å². The van der Waals surface area contributed by atoms with Crippen LogP contribution in [0, 0.1) is 0 Å². The molecule has 0 saturated heterocycles. The van der Waals surface area contributed by atoms with E-state index in [1.165, 1.54) is 6.08 Å². The van der Waals surface area contributed by atoms with Crippen molar-refractivity contribution in [2.24, 2.45) is 0 Å². The largest absolute Gasteiger partial charge is 0.494 e. The van der Waals surface area contributed by atoms with E-state index in [1.54, 1.807) is 11.0 Å². The molecule has 0 spiro atoms. The van der Waals surface area contributed by atoms with E-state index in [2.05, 4.69) is 5.32 Å². The molecule has 1 aliphatic rings. The molecule has 0 saturated carbocycles. The Morgan fingerprint density at radius 3 is 2.59 bits per heavy atom. The van der Waals surface area contributed by atoms with Crippen molar-refractivity contribution in [2.45, 2.75) is 26.3 Å². The quantitative estimate of drug-likeness (QED) is 0.570. The Morgan fingerprint density at radius 1 is 1.14 bits per heavy atom. The van der Waals surface area contributed by atoms with Gasteiger partial charge in [-0.2, -0.15) is 0 Å². The van der Waals surface area contributed by atoms with E-state index in [-0.39, 0.29) is 12.5 Å². The fourth-order valence-corrected chi connectivity index (χ4v) is 3.17. The first-order valence-corrected chi connectivity index (χ1v) is 9.67.